The molecule has 3 rings (SSSR count). The highest BCUT2D eigenvalue weighted by atomic mass is 35.5. The van der Waals surface area contributed by atoms with E-state index in [9.17, 15) is 10.1 Å². The second-order valence-electron chi connectivity index (χ2n) is 6.01. The third-order valence-electron chi connectivity index (χ3n) is 4.37. The lowest BCUT2D eigenvalue weighted by Gasteiger charge is -2.11. The molecule has 5 nitrogen and oxygen atoms in total. The topological polar surface area (TPSA) is 64.2 Å². The zero-order chi connectivity index (χ0) is 20.1. The number of fused-ring (bicyclic) bond motifs is 1. The van der Waals surface area contributed by atoms with Crippen LogP contribution in [-0.4, -0.2) is 24.3 Å². The number of hydrogen-bond acceptors (Lipinski definition) is 4. The summed E-state index contributed by atoms with van der Waals surface area (Å²) in [6.07, 6.45) is 1.49. The zero-order valence-electron chi connectivity index (χ0n) is 15.6. The van der Waals surface area contributed by atoms with Crippen molar-refractivity contribution in [2.24, 2.45) is 0 Å². The summed E-state index contributed by atoms with van der Waals surface area (Å²) in [5.74, 6) is 0.0975. The molecule has 0 aliphatic heterocycles. The van der Waals surface area contributed by atoms with E-state index in [4.69, 9.17) is 21.1 Å². The molecule has 1 aromatic heterocycles. The van der Waals surface area contributed by atoms with E-state index in [-0.39, 0.29) is 12.2 Å². The van der Waals surface area contributed by atoms with Crippen molar-refractivity contribution in [1.29, 1.82) is 5.26 Å². The highest BCUT2D eigenvalue weighted by Crippen LogP contribution is 2.33. The third kappa shape index (κ3) is 3.73. The van der Waals surface area contributed by atoms with Gasteiger partial charge in [0, 0.05) is 16.5 Å². The molecule has 0 bridgehead atoms. The summed E-state index contributed by atoms with van der Waals surface area (Å²) in [4.78, 5) is 12.0. The molecule has 0 N–H and O–H groups in total. The maximum Gasteiger partial charge on any atom is 0.348 e. The van der Waals surface area contributed by atoms with Crippen molar-refractivity contribution in [2.75, 3.05) is 13.7 Å². The molecular weight excluding hydrogens is 376 g/mol. The average molecular weight is 395 g/mol. The van der Waals surface area contributed by atoms with Crippen LogP contribution in [0.25, 0.3) is 17.0 Å². The minimum Gasteiger partial charge on any atom is -0.496 e. The molecule has 0 unspecified atom stereocenters. The van der Waals surface area contributed by atoms with Gasteiger partial charge < -0.3 is 14.0 Å². The predicted molar refractivity (Wildman–Crippen MR) is 109 cm³/mol. The first-order chi connectivity index (χ1) is 13.6. The van der Waals surface area contributed by atoms with E-state index in [1.54, 1.807) is 14.0 Å². The summed E-state index contributed by atoms with van der Waals surface area (Å²) in [6.45, 7) is 2.37. The van der Waals surface area contributed by atoms with Crippen molar-refractivity contribution in [3.05, 3.63) is 70.4 Å². The highest BCUT2D eigenvalue weighted by Gasteiger charge is 2.18. The Balaban J connectivity index is 2.15. The van der Waals surface area contributed by atoms with Crippen molar-refractivity contribution < 1.29 is 14.3 Å². The van der Waals surface area contributed by atoms with Crippen LogP contribution in [0.4, 0.5) is 0 Å². The van der Waals surface area contributed by atoms with Crippen LogP contribution in [0.15, 0.2) is 54.1 Å². The Morgan fingerprint density at radius 1 is 1.21 bits per heavy atom. The van der Waals surface area contributed by atoms with E-state index in [1.807, 2.05) is 59.2 Å². The summed E-state index contributed by atoms with van der Waals surface area (Å²) in [5, 5.41) is 10.7. The second kappa shape index (κ2) is 8.64. The van der Waals surface area contributed by atoms with Crippen LogP contribution in [0.1, 0.15) is 18.1 Å². The normalized spacial score (nSPS) is 11.3. The third-order valence-corrected chi connectivity index (χ3v) is 4.78. The monoisotopic (exact) mass is 394 g/mol. The lowest BCUT2D eigenvalue weighted by atomic mass is 10.1. The van der Waals surface area contributed by atoms with Crippen LogP contribution in [0.2, 0.25) is 5.15 Å². The quantitative estimate of drug-likeness (QED) is 0.341. The number of carbonyl (C=O) groups is 1. The lowest BCUT2D eigenvalue weighted by Crippen LogP contribution is -2.06. The number of nitrogens with zero attached hydrogens (tertiary/aromatic N) is 2. The van der Waals surface area contributed by atoms with E-state index < -0.39 is 5.97 Å². The van der Waals surface area contributed by atoms with Gasteiger partial charge in [-0.1, -0.05) is 48.0 Å². The molecular formula is C22H19ClN2O3. The van der Waals surface area contributed by atoms with Gasteiger partial charge in [-0.05, 0) is 25.1 Å². The molecule has 0 spiro atoms. The molecule has 0 saturated carbocycles. The number of para-hydroxylation sites is 2. The fraction of sp³-hybridized carbons (Fsp3) is 0.182. The van der Waals surface area contributed by atoms with E-state index >= 15 is 0 Å². The first-order valence-corrected chi connectivity index (χ1v) is 9.16. The second-order valence-corrected chi connectivity index (χ2v) is 6.37. The largest absolute Gasteiger partial charge is 0.496 e. The number of hydrogen-bond donors (Lipinski definition) is 0. The standard InChI is InChI=1S/C22H19ClN2O3/c1-3-28-22(26)16(13-24)12-18-17-9-5-6-10-19(17)25(21(18)23)14-15-8-4-7-11-20(15)27-2/h4-12H,3,14H2,1-2H3/b16-12-. The van der Waals surface area contributed by atoms with E-state index in [0.29, 0.717) is 17.3 Å². The van der Waals surface area contributed by atoms with Crippen LogP contribution in [0.5, 0.6) is 5.75 Å². The zero-order valence-corrected chi connectivity index (χ0v) is 16.4. The first kappa shape index (κ1) is 19.5. The summed E-state index contributed by atoms with van der Waals surface area (Å²) >= 11 is 6.70. The Morgan fingerprint density at radius 3 is 2.64 bits per heavy atom. The Labute approximate surface area is 168 Å². The molecule has 0 atom stereocenters. The van der Waals surface area contributed by atoms with Crippen LogP contribution in [0.3, 0.4) is 0 Å². The van der Waals surface area contributed by atoms with E-state index in [0.717, 1.165) is 22.2 Å². The van der Waals surface area contributed by atoms with Crippen molar-refractivity contribution >= 4 is 34.5 Å². The van der Waals surface area contributed by atoms with Crippen molar-refractivity contribution in [1.82, 2.24) is 4.57 Å². The van der Waals surface area contributed by atoms with Gasteiger partial charge in [-0.25, -0.2) is 4.79 Å². The van der Waals surface area contributed by atoms with Crippen LogP contribution < -0.4 is 4.74 Å². The summed E-state index contributed by atoms with van der Waals surface area (Å²) in [7, 11) is 1.63. The molecule has 0 fully saturated rings. The van der Waals surface area contributed by atoms with Gasteiger partial charge in [0.05, 0.1) is 25.8 Å². The fourth-order valence-corrected chi connectivity index (χ4v) is 3.39. The van der Waals surface area contributed by atoms with Gasteiger partial charge in [-0.15, -0.1) is 0 Å². The molecule has 142 valence electrons. The number of rotatable bonds is 6. The number of nitriles is 1. The van der Waals surface area contributed by atoms with Crippen LogP contribution in [0, 0.1) is 11.3 Å². The molecule has 6 heteroatoms. The Hall–Kier alpha value is -3.23. The Bertz CT molecular complexity index is 1090. The number of carbonyl (C=O) groups excluding carboxylic acids is 1. The molecule has 1 heterocycles. The first-order valence-electron chi connectivity index (χ1n) is 8.78. The number of halogens is 1. The molecule has 0 saturated heterocycles. The molecule has 0 aliphatic rings. The average Bonchev–Trinajstić information content (AvgIpc) is 2.98. The smallest absolute Gasteiger partial charge is 0.348 e. The molecule has 0 radical (unpaired) electrons. The van der Waals surface area contributed by atoms with Gasteiger partial charge in [0.2, 0.25) is 0 Å². The van der Waals surface area contributed by atoms with Crippen molar-refractivity contribution in [3.63, 3.8) is 0 Å². The van der Waals surface area contributed by atoms with Gasteiger partial charge >= 0.3 is 5.97 Å². The number of esters is 1. The molecule has 0 amide bonds. The Kier molecular flexibility index (Phi) is 6.03. The fourth-order valence-electron chi connectivity index (χ4n) is 3.08. The SMILES string of the molecule is CCOC(=O)/C(C#N)=C\c1c(Cl)n(Cc2ccccc2OC)c2ccccc12. The van der Waals surface area contributed by atoms with E-state index in [2.05, 4.69) is 0 Å². The molecule has 2 aromatic carbocycles. The van der Waals surface area contributed by atoms with Crippen LogP contribution >= 0.6 is 11.6 Å². The summed E-state index contributed by atoms with van der Waals surface area (Å²) in [5.41, 5.74) is 2.38. The van der Waals surface area contributed by atoms with E-state index in [1.165, 1.54) is 6.08 Å². The maximum absolute atomic E-state index is 12.0. The summed E-state index contributed by atoms with van der Waals surface area (Å²) < 4.78 is 12.3. The number of ether oxygens (including phenoxy) is 2. The molecule has 3 aromatic rings. The maximum atomic E-state index is 12.0. The number of aromatic nitrogens is 1. The molecule has 0 aliphatic carbocycles. The van der Waals surface area contributed by atoms with Crippen molar-refractivity contribution in [2.45, 2.75) is 13.5 Å². The van der Waals surface area contributed by atoms with Gasteiger partial charge in [0.1, 0.15) is 22.5 Å². The van der Waals surface area contributed by atoms with Gasteiger partial charge in [0.15, 0.2) is 0 Å². The minimum atomic E-state index is -0.664. The summed E-state index contributed by atoms with van der Waals surface area (Å²) in [6, 6.07) is 17.3. The molecule has 28 heavy (non-hydrogen) atoms. The lowest BCUT2D eigenvalue weighted by molar-refractivity contribution is -0.137. The minimum absolute atomic E-state index is 0.0936. The number of benzene rings is 2. The Morgan fingerprint density at radius 2 is 1.93 bits per heavy atom. The predicted octanol–water partition coefficient (Wildman–Crippen LogP) is 4.82. The van der Waals surface area contributed by atoms with Gasteiger partial charge in [0.25, 0.3) is 0 Å². The van der Waals surface area contributed by atoms with Crippen molar-refractivity contribution in [3.8, 4) is 11.8 Å². The van der Waals surface area contributed by atoms with Crippen LogP contribution in [-0.2, 0) is 16.1 Å². The number of methoxy groups -OCH3 is 1. The highest BCUT2D eigenvalue weighted by molar-refractivity contribution is 6.33. The van der Waals surface area contributed by atoms with Gasteiger partial charge in [-0.2, -0.15) is 5.26 Å². The van der Waals surface area contributed by atoms with Gasteiger partial charge in [-0.3, -0.25) is 0 Å².